The molecule has 0 bridgehead atoms. The van der Waals surface area contributed by atoms with Crippen LogP contribution in [-0.4, -0.2) is 23.2 Å². The molecule has 0 spiro atoms. The van der Waals surface area contributed by atoms with E-state index in [4.69, 9.17) is 0 Å². The summed E-state index contributed by atoms with van der Waals surface area (Å²) in [6, 6.07) is 14.6. The molecule has 0 aliphatic heterocycles. The van der Waals surface area contributed by atoms with E-state index < -0.39 is 10.0 Å². The lowest BCUT2D eigenvalue weighted by Crippen LogP contribution is -2.16. The molecule has 0 fully saturated rings. The molecule has 0 amide bonds. The number of nitrogens with one attached hydrogen (secondary N) is 1. The highest BCUT2D eigenvalue weighted by atomic mass is 32.2. The van der Waals surface area contributed by atoms with Crippen molar-refractivity contribution in [3.8, 4) is 5.69 Å². The van der Waals surface area contributed by atoms with E-state index in [1.807, 2.05) is 43.3 Å². The predicted molar refractivity (Wildman–Crippen MR) is 92.8 cm³/mol. The van der Waals surface area contributed by atoms with Crippen molar-refractivity contribution in [3.63, 3.8) is 0 Å². The lowest BCUT2D eigenvalue weighted by molar-refractivity contribution is 0.599. The summed E-state index contributed by atoms with van der Waals surface area (Å²) in [5.41, 5.74) is 2.55. The van der Waals surface area contributed by atoms with E-state index in [9.17, 15) is 8.42 Å². The van der Waals surface area contributed by atoms with Crippen LogP contribution >= 0.6 is 0 Å². The van der Waals surface area contributed by atoms with Gasteiger partial charge < -0.3 is 0 Å². The maximum absolute atomic E-state index is 12.8. The van der Waals surface area contributed by atoms with Gasteiger partial charge in [0.25, 0.3) is 10.0 Å². The number of hydrogen-bond acceptors (Lipinski definition) is 4. The highest BCUT2D eigenvalue weighted by Crippen LogP contribution is 2.24. The first-order valence-electron chi connectivity index (χ1n) is 7.46. The first-order valence-corrected chi connectivity index (χ1v) is 8.95. The fourth-order valence-corrected chi connectivity index (χ4v) is 4.02. The van der Waals surface area contributed by atoms with Crippen LogP contribution in [0.1, 0.15) is 17.1 Å². The van der Waals surface area contributed by atoms with Gasteiger partial charge in [0, 0.05) is 5.69 Å². The van der Waals surface area contributed by atoms with E-state index in [0.29, 0.717) is 17.2 Å². The Morgan fingerprint density at radius 2 is 1.67 bits per heavy atom. The van der Waals surface area contributed by atoms with Gasteiger partial charge in [0.2, 0.25) is 0 Å². The van der Waals surface area contributed by atoms with E-state index >= 15 is 0 Å². The Morgan fingerprint density at radius 1 is 0.958 bits per heavy atom. The van der Waals surface area contributed by atoms with E-state index in [0.717, 1.165) is 11.4 Å². The molecule has 2 heterocycles. The zero-order valence-corrected chi connectivity index (χ0v) is 14.5. The number of benzene rings is 1. The summed E-state index contributed by atoms with van der Waals surface area (Å²) in [7, 11) is -3.77. The fourth-order valence-electron chi connectivity index (χ4n) is 2.63. The maximum atomic E-state index is 12.8. The first-order chi connectivity index (χ1) is 11.4. The molecule has 124 valence electrons. The molecule has 7 heteroatoms. The summed E-state index contributed by atoms with van der Waals surface area (Å²) in [5, 5.41) is 4.38. The molecule has 1 N–H and O–H groups in total. The molecule has 0 aliphatic carbocycles. The van der Waals surface area contributed by atoms with Crippen molar-refractivity contribution >= 4 is 15.8 Å². The standard InChI is InChI=1S/C17H18N4O2S/c1-12-8-7-11-16(18-12)20-24(22,23)17-13(2)19-21(14(17)3)15-9-5-4-6-10-15/h4-11H,1-3H3,(H,18,20). The van der Waals surface area contributed by atoms with Crippen molar-refractivity contribution < 1.29 is 8.42 Å². The molecule has 0 aliphatic rings. The lowest BCUT2D eigenvalue weighted by atomic mass is 10.3. The number of anilines is 1. The molecule has 0 radical (unpaired) electrons. The molecular formula is C17H18N4O2S. The molecule has 3 rings (SSSR count). The van der Waals surface area contributed by atoms with Crippen LogP contribution in [0.2, 0.25) is 0 Å². The molecule has 1 aromatic carbocycles. The molecule has 0 atom stereocenters. The number of aryl methyl sites for hydroxylation is 2. The van der Waals surface area contributed by atoms with Crippen molar-refractivity contribution in [2.75, 3.05) is 4.72 Å². The topological polar surface area (TPSA) is 76.9 Å². The van der Waals surface area contributed by atoms with Gasteiger partial charge in [-0.15, -0.1) is 0 Å². The quantitative estimate of drug-likeness (QED) is 0.791. The van der Waals surface area contributed by atoms with Gasteiger partial charge in [0.05, 0.1) is 17.1 Å². The Balaban J connectivity index is 2.04. The van der Waals surface area contributed by atoms with Crippen molar-refractivity contribution in [2.45, 2.75) is 25.7 Å². The Morgan fingerprint density at radius 3 is 2.33 bits per heavy atom. The summed E-state index contributed by atoms with van der Waals surface area (Å²) >= 11 is 0. The second-order valence-corrected chi connectivity index (χ2v) is 7.14. The zero-order valence-electron chi connectivity index (χ0n) is 13.7. The molecule has 0 saturated carbocycles. The van der Waals surface area contributed by atoms with Crippen molar-refractivity contribution in [1.29, 1.82) is 0 Å². The Labute approximate surface area is 141 Å². The number of rotatable bonds is 4. The minimum Gasteiger partial charge on any atom is -0.263 e. The van der Waals surface area contributed by atoms with Crippen LogP contribution in [0, 0.1) is 20.8 Å². The number of sulfonamides is 1. The highest BCUT2D eigenvalue weighted by molar-refractivity contribution is 7.92. The average molecular weight is 342 g/mol. The van der Waals surface area contributed by atoms with Gasteiger partial charge in [-0.25, -0.2) is 18.1 Å². The monoisotopic (exact) mass is 342 g/mol. The minimum absolute atomic E-state index is 0.176. The van der Waals surface area contributed by atoms with Crippen LogP contribution in [0.3, 0.4) is 0 Å². The average Bonchev–Trinajstić information content (AvgIpc) is 2.83. The Bertz CT molecular complexity index is 979. The summed E-state index contributed by atoms with van der Waals surface area (Å²) in [6.07, 6.45) is 0. The van der Waals surface area contributed by atoms with Crippen molar-refractivity contribution in [3.05, 3.63) is 65.6 Å². The number of para-hydroxylation sites is 1. The third-order valence-corrected chi connectivity index (χ3v) is 5.23. The number of nitrogens with zero attached hydrogens (tertiary/aromatic N) is 3. The third-order valence-electron chi connectivity index (χ3n) is 3.62. The maximum Gasteiger partial charge on any atom is 0.266 e. The first kappa shape index (κ1) is 16.2. The second kappa shape index (κ2) is 6.09. The lowest BCUT2D eigenvalue weighted by Gasteiger charge is -2.09. The van der Waals surface area contributed by atoms with Crippen LogP contribution in [0.5, 0.6) is 0 Å². The number of pyridine rings is 1. The van der Waals surface area contributed by atoms with Gasteiger partial charge in [-0.3, -0.25) is 4.72 Å². The SMILES string of the molecule is Cc1cccc(NS(=O)(=O)c2c(C)nn(-c3ccccc3)c2C)n1. The summed E-state index contributed by atoms with van der Waals surface area (Å²) in [6.45, 7) is 5.23. The molecule has 6 nitrogen and oxygen atoms in total. The normalized spacial score (nSPS) is 11.5. The summed E-state index contributed by atoms with van der Waals surface area (Å²) in [4.78, 5) is 4.37. The number of aromatic nitrogens is 3. The molecular weight excluding hydrogens is 324 g/mol. The van der Waals surface area contributed by atoms with E-state index in [1.54, 1.807) is 30.7 Å². The van der Waals surface area contributed by atoms with E-state index in [2.05, 4.69) is 14.8 Å². The zero-order chi connectivity index (χ0) is 17.3. The Kier molecular flexibility index (Phi) is 4.11. The van der Waals surface area contributed by atoms with Crippen LogP contribution in [0.15, 0.2) is 53.4 Å². The highest BCUT2D eigenvalue weighted by Gasteiger charge is 2.25. The van der Waals surface area contributed by atoms with Crippen LogP contribution < -0.4 is 4.72 Å². The van der Waals surface area contributed by atoms with Gasteiger partial charge in [-0.05, 0) is 45.0 Å². The number of hydrogen-bond donors (Lipinski definition) is 1. The molecule has 2 aromatic heterocycles. The van der Waals surface area contributed by atoms with Gasteiger partial charge >= 0.3 is 0 Å². The molecule has 0 unspecified atom stereocenters. The summed E-state index contributed by atoms with van der Waals surface area (Å²) in [5.74, 6) is 0.293. The fraction of sp³-hybridized carbons (Fsp3) is 0.176. The molecule has 24 heavy (non-hydrogen) atoms. The van der Waals surface area contributed by atoms with Crippen LogP contribution in [0.25, 0.3) is 5.69 Å². The second-order valence-electron chi connectivity index (χ2n) is 5.52. The molecule has 0 saturated heterocycles. The smallest absolute Gasteiger partial charge is 0.263 e. The van der Waals surface area contributed by atoms with Crippen LogP contribution in [-0.2, 0) is 10.0 Å². The van der Waals surface area contributed by atoms with Gasteiger partial charge in [-0.2, -0.15) is 5.10 Å². The van der Waals surface area contributed by atoms with Crippen molar-refractivity contribution in [1.82, 2.24) is 14.8 Å². The predicted octanol–water partition coefficient (Wildman–Crippen LogP) is 2.99. The van der Waals surface area contributed by atoms with Gasteiger partial charge in [0.15, 0.2) is 0 Å². The van der Waals surface area contributed by atoms with E-state index in [-0.39, 0.29) is 4.90 Å². The largest absolute Gasteiger partial charge is 0.266 e. The van der Waals surface area contributed by atoms with Crippen LogP contribution in [0.4, 0.5) is 5.82 Å². The van der Waals surface area contributed by atoms with Crippen molar-refractivity contribution in [2.24, 2.45) is 0 Å². The third kappa shape index (κ3) is 3.03. The minimum atomic E-state index is -3.77. The Hall–Kier alpha value is -2.67. The van der Waals surface area contributed by atoms with E-state index in [1.165, 1.54) is 0 Å². The van der Waals surface area contributed by atoms with Gasteiger partial charge in [-0.1, -0.05) is 24.3 Å². The summed E-state index contributed by atoms with van der Waals surface area (Å²) < 4.78 is 29.8. The molecule has 3 aromatic rings. The van der Waals surface area contributed by atoms with Gasteiger partial charge in [0.1, 0.15) is 10.7 Å².